The van der Waals surface area contributed by atoms with Crippen molar-refractivity contribution < 1.29 is 8.42 Å². The molecule has 0 bridgehead atoms. The minimum Gasteiger partial charge on any atom is -0.317 e. The van der Waals surface area contributed by atoms with Gasteiger partial charge in [0.15, 0.2) is 0 Å². The highest BCUT2D eigenvalue weighted by Crippen LogP contribution is 2.19. The summed E-state index contributed by atoms with van der Waals surface area (Å²) in [6.07, 6.45) is 1.59. The number of rotatable bonds is 8. The number of aromatic nitrogens is 3. The van der Waals surface area contributed by atoms with E-state index in [-0.39, 0.29) is 6.54 Å². The summed E-state index contributed by atoms with van der Waals surface area (Å²) >= 11 is 1.43. The van der Waals surface area contributed by atoms with E-state index in [1.807, 2.05) is 13.8 Å². The Morgan fingerprint density at radius 2 is 2.14 bits per heavy atom. The van der Waals surface area contributed by atoms with Crippen LogP contribution in [0.3, 0.4) is 0 Å². The van der Waals surface area contributed by atoms with Crippen LogP contribution in [0.1, 0.15) is 24.5 Å². The molecule has 0 amide bonds. The molecular formula is C12H19N5O2S2. The maximum absolute atomic E-state index is 12.2. The summed E-state index contributed by atoms with van der Waals surface area (Å²) in [5.41, 5.74) is 0. The zero-order valence-electron chi connectivity index (χ0n) is 12.0. The van der Waals surface area contributed by atoms with Crippen LogP contribution < -0.4 is 10.0 Å². The van der Waals surface area contributed by atoms with Gasteiger partial charge in [-0.25, -0.2) is 13.1 Å². The van der Waals surface area contributed by atoms with Crippen molar-refractivity contribution in [2.45, 2.75) is 38.4 Å². The Morgan fingerprint density at radius 1 is 1.33 bits per heavy atom. The first-order valence-corrected chi connectivity index (χ1v) is 9.07. The highest BCUT2D eigenvalue weighted by molar-refractivity contribution is 7.89. The van der Waals surface area contributed by atoms with Crippen LogP contribution in [-0.2, 0) is 29.7 Å². The smallest absolute Gasteiger partial charge is 0.241 e. The first-order valence-electron chi connectivity index (χ1n) is 6.71. The number of thiophene rings is 1. The van der Waals surface area contributed by atoms with Gasteiger partial charge in [0.2, 0.25) is 10.0 Å². The molecule has 0 aromatic carbocycles. The third-order valence-corrected chi connectivity index (χ3v) is 5.41. The number of nitrogens with one attached hydrogen (secondary N) is 2. The molecule has 2 aromatic rings. The van der Waals surface area contributed by atoms with Gasteiger partial charge >= 0.3 is 0 Å². The van der Waals surface area contributed by atoms with Gasteiger partial charge in [-0.05, 0) is 19.5 Å². The van der Waals surface area contributed by atoms with Crippen molar-refractivity contribution in [2.24, 2.45) is 0 Å². The second-order valence-corrected chi connectivity index (χ2v) is 7.15. The average Bonchev–Trinajstić information content (AvgIpc) is 3.12. The topological polar surface area (TPSA) is 88.9 Å². The molecule has 0 unspecified atom stereocenters. The molecule has 2 rings (SSSR count). The lowest BCUT2D eigenvalue weighted by Gasteiger charge is -2.05. The van der Waals surface area contributed by atoms with Gasteiger partial charge < -0.3 is 9.88 Å². The summed E-state index contributed by atoms with van der Waals surface area (Å²) in [4.78, 5) is 1.29. The molecule has 2 heterocycles. The van der Waals surface area contributed by atoms with E-state index in [1.54, 1.807) is 22.3 Å². The summed E-state index contributed by atoms with van der Waals surface area (Å²) in [6.45, 7) is 6.33. The quantitative estimate of drug-likeness (QED) is 0.753. The number of aryl methyl sites for hydroxylation is 1. The predicted molar refractivity (Wildman–Crippen MR) is 81.4 cm³/mol. The monoisotopic (exact) mass is 329 g/mol. The summed E-state index contributed by atoms with van der Waals surface area (Å²) < 4.78 is 28.8. The third-order valence-electron chi connectivity index (χ3n) is 2.95. The van der Waals surface area contributed by atoms with Crippen LogP contribution in [0.4, 0.5) is 0 Å². The summed E-state index contributed by atoms with van der Waals surface area (Å²) in [6, 6.07) is 1.69. The second-order valence-electron chi connectivity index (χ2n) is 4.39. The number of hydrogen-bond donors (Lipinski definition) is 2. The van der Waals surface area contributed by atoms with Gasteiger partial charge in [-0.2, -0.15) is 0 Å². The average molecular weight is 329 g/mol. The highest BCUT2D eigenvalue weighted by atomic mass is 32.2. The van der Waals surface area contributed by atoms with Crippen molar-refractivity contribution >= 4 is 21.4 Å². The molecule has 0 radical (unpaired) electrons. The van der Waals surface area contributed by atoms with E-state index in [0.29, 0.717) is 23.8 Å². The largest absolute Gasteiger partial charge is 0.317 e. The molecule has 2 aromatic heterocycles. The maximum Gasteiger partial charge on any atom is 0.241 e. The van der Waals surface area contributed by atoms with Gasteiger partial charge in [-0.1, -0.05) is 6.92 Å². The van der Waals surface area contributed by atoms with Crippen molar-refractivity contribution in [1.29, 1.82) is 0 Å². The lowest BCUT2D eigenvalue weighted by Crippen LogP contribution is -2.24. The summed E-state index contributed by atoms with van der Waals surface area (Å²) in [5.74, 6) is 0.601. The van der Waals surface area contributed by atoms with Crippen molar-refractivity contribution in [3.8, 4) is 0 Å². The van der Waals surface area contributed by atoms with E-state index in [4.69, 9.17) is 0 Å². The molecule has 0 spiro atoms. The second kappa shape index (κ2) is 7.12. The summed E-state index contributed by atoms with van der Waals surface area (Å²) in [5, 5.41) is 12.5. The van der Waals surface area contributed by atoms with Gasteiger partial charge in [0.25, 0.3) is 0 Å². The fourth-order valence-corrected chi connectivity index (χ4v) is 3.99. The van der Waals surface area contributed by atoms with Crippen LogP contribution in [0.5, 0.6) is 0 Å². The Balaban J connectivity index is 2.03. The number of nitrogens with zero attached hydrogens (tertiary/aromatic N) is 3. The van der Waals surface area contributed by atoms with Crippen molar-refractivity contribution in [3.63, 3.8) is 0 Å². The lowest BCUT2D eigenvalue weighted by molar-refractivity contribution is 0.575. The molecule has 116 valence electrons. The van der Waals surface area contributed by atoms with Crippen molar-refractivity contribution in [3.05, 3.63) is 28.5 Å². The van der Waals surface area contributed by atoms with E-state index < -0.39 is 10.0 Å². The van der Waals surface area contributed by atoms with E-state index in [2.05, 4.69) is 20.2 Å². The van der Waals surface area contributed by atoms with Crippen LogP contribution in [-0.4, -0.2) is 29.7 Å². The molecule has 0 aliphatic rings. The molecule has 21 heavy (non-hydrogen) atoms. The highest BCUT2D eigenvalue weighted by Gasteiger charge is 2.17. The minimum absolute atomic E-state index is 0.133. The van der Waals surface area contributed by atoms with E-state index in [9.17, 15) is 8.42 Å². The Hall–Kier alpha value is -1.29. The molecule has 7 nitrogen and oxygen atoms in total. The molecule has 0 fully saturated rings. The van der Waals surface area contributed by atoms with Crippen molar-refractivity contribution in [1.82, 2.24) is 24.8 Å². The normalized spacial score (nSPS) is 11.9. The van der Waals surface area contributed by atoms with Crippen LogP contribution >= 0.6 is 11.3 Å². The van der Waals surface area contributed by atoms with Crippen LogP contribution in [0.15, 0.2) is 22.7 Å². The molecule has 9 heteroatoms. The molecule has 2 N–H and O–H groups in total. The lowest BCUT2D eigenvalue weighted by atomic mass is 10.4. The zero-order chi connectivity index (χ0) is 15.3. The van der Waals surface area contributed by atoms with E-state index in [1.165, 1.54) is 11.3 Å². The maximum atomic E-state index is 12.2. The van der Waals surface area contributed by atoms with E-state index >= 15 is 0 Å². The standard InChI is InChI=1S/C12H19N5O2S2/c1-3-13-6-10-5-11(8-20-10)21(18,19)15-7-12-16-14-9-17(12)4-2/h5,8-9,13,15H,3-4,6-7H2,1-2H3. The molecule has 0 saturated carbocycles. The zero-order valence-corrected chi connectivity index (χ0v) is 13.7. The van der Waals surface area contributed by atoms with Crippen LogP contribution in [0.25, 0.3) is 0 Å². The van der Waals surface area contributed by atoms with Gasteiger partial charge in [-0.15, -0.1) is 21.5 Å². The van der Waals surface area contributed by atoms with Gasteiger partial charge in [0.1, 0.15) is 12.2 Å². The van der Waals surface area contributed by atoms with Crippen LogP contribution in [0.2, 0.25) is 0 Å². The Bertz CT molecular complexity index is 677. The number of sulfonamides is 1. The van der Waals surface area contributed by atoms with Gasteiger partial charge in [-0.3, -0.25) is 0 Å². The van der Waals surface area contributed by atoms with Gasteiger partial charge in [0, 0.05) is 23.3 Å². The molecular weight excluding hydrogens is 310 g/mol. The van der Waals surface area contributed by atoms with Crippen LogP contribution in [0, 0.1) is 0 Å². The Labute approximate surface area is 128 Å². The summed E-state index contributed by atoms with van der Waals surface area (Å²) in [7, 11) is -3.51. The van der Waals surface area contributed by atoms with E-state index in [0.717, 1.165) is 11.4 Å². The first-order chi connectivity index (χ1) is 10.1. The Morgan fingerprint density at radius 3 is 2.86 bits per heavy atom. The molecule has 0 aliphatic heterocycles. The van der Waals surface area contributed by atoms with Crippen molar-refractivity contribution in [2.75, 3.05) is 6.54 Å². The SMILES string of the molecule is CCNCc1cc(S(=O)(=O)NCc2nncn2CC)cs1. The molecule has 0 aliphatic carbocycles. The number of hydrogen-bond acceptors (Lipinski definition) is 6. The minimum atomic E-state index is -3.51. The third kappa shape index (κ3) is 4.10. The molecule has 0 atom stereocenters. The predicted octanol–water partition coefficient (Wildman–Crippen LogP) is 0.947. The van der Waals surface area contributed by atoms with Gasteiger partial charge in [0.05, 0.1) is 11.4 Å². The Kier molecular flexibility index (Phi) is 5.45. The fourth-order valence-electron chi connectivity index (χ4n) is 1.77. The first kappa shape index (κ1) is 16.1. The molecule has 0 saturated heterocycles. The fraction of sp³-hybridized carbons (Fsp3) is 0.500.